The number of carbonyl (C=O) groups is 2. The Hall–Kier alpha value is -2.15. The Morgan fingerprint density at radius 1 is 1.14 bits per heavy atom. The lowest BCUT2D eigenvalue weighted by molar-refractivity contribution is -0.128. The molecule has 0 aliphatic carbocycles. The molecule has 1 aliphatic heterocycles. The van der Waals surface area contributed by atoms with Crippen molar-refractivity contribution in [3.8, 4) is 0 Å². The lowest BCUT2D eigenvalue weighted by atomic mass is 10.2. The second-order valence-electron chi connectivity index (χ2n) is 4.94. The molecule has 0 unspecified atom stereocenters. The van der Waals surface area contributed by atoms with Crippen LogP contribution in [0.2, 0.25) is 0 Å². The van der Waals surface area contributed by atoms with Gasteiger partial charge in [0.1, 0.15) is 5.82 Å². The summed E-state index contributed by atoms with van der Waals surface area (Å²) in [6, 6.07) is 6.68. The Morgan fingerprint density at radius 2 is 1.81 bits per heavy atom. The van der Waals surface area contributed by atoms with Gasteiger partial charge in [-0.25, -0.2) is 4.39 Å². The molecule has 0 aromatic heterocycles. The highest BCUT2D eigenvalue weighted by molar-refractivity contribution is 5.81. The molecule has 0 bridgehead atoms. The summed E-state index contributed by atoms with van der Waals surface area (Å²) in [6.45, 7) is 4.20. The third-order valence-electron chi connectivity index (χ3n) is 3.31. The van der Waals surface area contributed by atoms with E-state index < -0.39 is 0 Å². The van der Waals surface area contributed by atoms with Crippen molar-refractivity contribution in [2.75, 3.05) is 37.6 Å². The Labute approximate surface area is 122 Å². The van der Waals surface area contributed by atoms with Crippen molar-refractivity contribution in [1.82, 2.24) is 15.8 Å². The summed E-state index contributed by atoms with van der Waals surface area (Å²) in [5.74, 6) is -0.799. The zero-order valence-electron chi connectivity index (χ0n) is 11.9. The van der Waals surface area contributed by atoms with Gasteiger partial charge in [0.05, 0.1) is 12.2 Å². The van der Waals surface area contributed by atoms with Crippen molar-refractivity contribution in [1.29, 1.82) is 0 Å². The van der Waals surface area contributed by atoms with Gasteiger partial charge in [0.2, 0.25) is 5.91 Å². The fraction of sp³-hybridized carbons (Fsp3) is 0.429. The highest BCUT2D eigenvalue weighted by Gasteiger charge is 2.20. The van der Waals surface area contributed by atoms with Crippen LogP contribution in [0.15, 0.2) is 24.3 Å². The van der Waals surface area contributed by atoms with Crippen LogP contribution in [0.3, 0.4) is 0 Å². The number of rotatable bonds is 3. The minimum absolute atomic E-state index is 0.214. The molecule has 1 aromatic carbocycles. The van der Waals surface area contributed by atoms with Crippen molar-refractivity contribution in [3.05, 3.63) is 30.1 Å². The van der Waals surface area contributed by atoms with Gasteiger partial charge in [-0.05, 0) is 12.1 Å². The van der Waals surface area contributed by atoms with Crippen LogP contribution in [0.4, 0.5) is 10.1 Å². The molecular weight excluding hydrogens is 275 g/mol. The maximum Gasteiger partial charge on any atom is 0.252 e. The number of piperazine rings is 1. The first-order valence-corrected chi connectivity index (χ1v) is 6.83. The third kappa shape index (κ3) is 4.42. The average Bonchev–Trinajstić information content (AvgIpc) is 2.47. The fourth-order valence-corrected chi connectivity index (χ4v) is 2.26. The van der Waals surface area contributed by atoms with Crippen LogP contribution in [-0.2, 0) is 9.59 Å². The Bertz CT molecular complexity index is 515. The van der Waals surface area contributed by atoms with E-state index in [0.29, 0.717) is 31.9 Å². The molecule has 1 aromatic rings. The third-order valence-corrected chi connectivity index (χ3v) is 3.31. The van der Waals surface area contributed by atoms with Gasteiger partial charge < -0.3 is 4.90 Å². The molecule has 7 heteroatoms. The summed E-state index contributed by atoms with van der Waals surface area (Å²) in [5, 5.41) is 0. The van der Waals surface area contributed by atoms with Crippen LogP contribution < -0.4 is 15.8 Å². The highest BCUT2D eigenvalue weighted by Crippen LogP contribution is 2.19. The summed E-state index contributed by atoms with van der Waals surface area (Å²) >= 11 is 0. The smallest absolute Gasteiger partial charge is 0.252 e. The molecule has 114 valence electrons. The number of carbonyl (C=O) groups excluding carboxylic acids is 2. The molecule has 0 saturated carbocycles. The van der Waals surface area contributed by atoms with Crippen molar-refractivity contribution < 1.29 is 14.0 Å². The Morgan fingerprint density at radius 3 is 2.43 bits per heavy atom. The Kier molecular flexibility index (Phi) is 5.10. The molecule has 2 N–H and O–H groups in total. The largest absolute Gasteiger partial charge is 0.367 e. The maximum atomic E-state index is 13.7. The molecule has 0 radical (unpaired) electrons. The van der Waals surface area contributed by atoms with E-state index in [1.54, 1.807) is 12.1 Å². The lowest BCUT2D eigenvalue weighted by Crippen LogP contribution is -2.51. The zero-order chi connectivity index (χ0) is 15.2. The summed E-state index contributed by atoms with van der Waals surface area (Å²) in [5.41, 5.74) is 5.18. The molecule has 2 amide bonds. The van der Waals surface area contributed by atoms with Crippen LogP contribution in [0.25, 0.3) is 0 Å². The molecule has 1 fully saturated rings. The van der Waals surface area contributed by atoms with Crippen LogP contribution >= 0.6 is 0 Å². The molecule has 0 atom stereocenters. The van der Waals surface area contributed by atoms with E-state index >= 15 is 0 Å². The number of amides is 2. The number of nitrogens with zero attached hydrogens (tertiary/aromatic N) is 2. The number of anilines is 1. The van der Waals surface area contributed by atoms with Crippen molar-refractivity contribution in [2.45, 2.75) is 6.92 Å². The van der Waals surface area contributed by atoms with E-state index in [-0.39, 0.29) is 24.2 Å². The van der Waals surface area contributed by atoms with E-state index in [2.05, 4.69) is 10.9 Å². The first-order chi connectivity index (χ1) is 10.1. The second kappa shape index (κ2) is 7.03. The Balaban J connectivity index is 1.79. The average molecular weight is 294 g/mol. The van der Waals surface area contributed by atoms with E-state index in [9.17, 15) is 14.0 Å². The highest BCUT2D eigenvalue weighted by atomic mass is 19.1. The number of para-hydroxylation sites is 1. The van der Waals surface area contributed by atoms with Crippen LogP contribution in [0.1, 0.15) is 6.92 Å². The fourth-order valence-electron chi connectivity index (χ4n) is 2.26. The van der Waals surface area contributed by atoms with Gasteiger partial charge in [-0.15, -0.1) is 0 Å². The van der Waals surface area contributed by atoms with Crippen LogP contribution in [0, 0.1) is 5.82 Å². The van der Waals surface area contributed by atoms with E-state index in [1.165, 1.54) is 13.0 Å². The number of nitrogens with one attached hydrogen (secondary N) is 2. The van der Waals surface area contributed by atoms with Gasteiger partial charge in [0.25, 0.3) is 5.91 Å². The normalized spacial score (nSPS) is 15.6. The summed E-state index contributed by atoms with van der Waals surface area (Å²) in [4.78, 5) is 26.2. The standard InChI is InChI=1S/C14H19FN4O2/c1-11(20)16-17-14(21)10-18-6-8-19(9-7-18)13-5-3-2-4-12(13)15/h2-5H,6-10H2,1H3,(H,16,20)(H,17,21). The van der Waals surface area contributed by atoms with Crippen LogP contribution in [0.5, 0.6) is 0 Å². The van der Waals surface area contributed by atoms with Crippen LogP contribution in [-0.4, -0.2) is 49.4 Å². The zero-order valence-corrected chi connectivity index (χ0v) is 11.9. The number of halogens is 1. The predicted octanol–water partition coefficient (Wildman–Crippen LogP) is 0.115. The van der Waals surface area contributed by atoms with Crippen molar-refractivity contribution in [3.63, 3.8) is 0 Å². The maximum absolute atomic E-state index is 13.7. The predicted molar refractivity (Wildman–Crippen MR) is 77.0 cm³/mol. The molecule has 1 aliphatic rings. The van der Waals surface area contributed by atoms with E-state index in [0.717, 1.165) is 0 Å². The van der Waals surface area contributed by atoms with Gasteiger partial charge in [0.15, 0.2) is 0 Å². The van der Waals surface area contributed by atoms with E-state index in [4.69, 9.17) is 0 Å². The first kappa shape index (κ1) is 15.2. The van der Waals surface area contributed by atoms with Gasteiger partial charge in [-0.2, -0.15) is 0 Å². The van der Waals surface area contributed by atoms with E-state index in [1.807, 2.05) is 15.9 Å². The molecule has 2 rings (SSSR count). The minimum Gasteiger partial charge on any atom is -0.367 e. The summed E-state index contributed by atoms with van der Waals surface area (Å²) in [7, 11) is 0. The number of hydrogen-bond acceptors (Lipinski definition) is 4. The number of hydrogen-bond donors (Lipinski definition) is 2. The minimum atomic E-state index is -0.312. The van der Waals surface area contributed by atoms with Gasteiger partial charge >= 0.3 is 0 Å². The monoisotopic (exact) mass is 294 g/mol. The molecule has 0 spiro atoms. The molecule has 1 heterocycles. The second-order valence-corrected chi connectivity index (χ2v) is 4.94. The molecular formula is C14H19FN4O2. The van der Waals surface area contributed by atoms with Crippen molar-refractivity contribution in [2.24, 2.45) is 0 Å². The quantitative estimate of drug-likeness (QED) is 0.777. The SMILES string of the molecule is CC(=O)NNC(=O)CN1CCN(c2ccccc2F)CC1. The van der Waals surface area contributed by atoms with Gasteiger partial charge in [-0.3, -0.25) is 25.3 Å². The number of hydrazine groups is 1. The molecule has 1 saturated heterocycles. The molecule has 21 heavy (non-hydrogen) atoms. The van der Waals surface area contributed by atoms with Gasteiger partial charge in [-0.1, -0.05) is 12.1 Å². The topological polar surface area (TPSA) is 64.7 Å². The first-order valence-electron chi connectivity index (χ1n) is 6.83. The molecule has 6 nitrogen and oxygen atoms in total. The van der Waals surface area contributed by atoms with Crippen molar-refractivity contribution >= 4 is 17.5 Å². The number of benzene rings is 1. The summed E-state index contributed by atoms with van der Waals surface area (Å²) < 4.78 is 13.7. The van der Waals surface area contributed by atoms with Gasteiger partial charge in [0, 0.05) is 33.1 Å². The lowest BCUT2D eigenvalue weighted by Gasteiger charge is -2.35. The summed E-state index contributed by atoms with van der Waals surface area (Å²) in [6.07, 6.45) is 0.